The zero-order chi connectivity index (χ0) is 15.4. The fraction of sp³-hybridized carbons (Fsp3) is 0.133. The first-order chi connectivity index (χ1) is 10.0. The van der Waals surface area contributed by atoms with Gasteiger partial charge in [-0.15, -0.1) is 0 Å². The third-order valence-electron chi connectivity index (χ3n) is 3.05. The van der Waals surface area contributed by atoms with Gasteiger partial charge in [0.05, 0.1) is 10.7 Å². The van der Waals surface area contributed by atoms with Crippen molar-refractivity contribution in [2.24, 2.45) is 10.9 Å². The Labute approximate surface area is 133 Å². The Kier molecular flexibility index (Phi) is 4.94. The minimum atomic E-state index is 0.0261. The number of rotatable bonds is 4. The van der Waals surface area contributed by atoms with Crippen molar-refractivity contribution in [3.8, 4) is 0 Å². The maximum absolute atomic E-state index is 8.65. The number of amidine groups is 1. The first-order valence-electron chi connectivity index (χ1n) is 6.27. The number of halogens is 2. The van der Waals surface area contributed by atoms with E-state index < -0.39 is 0 Å². The Morgan fingerprint density at radius 3 is 2.62 bits per heavy atom. The van der Waals surface area contributed by atoms with E-state index in [1.165, 1.54) is 0 Å². The molecule has 0 amide bonds. The van der Waals surface area contributed by atoms with Crippen molar-refractivity contribution >= 4 is 34.7 Å². The van der Waals surface area contributed by atoms with Crippen LogP contribution in [0.15, 0.2) is 41.6 Å². The Balaban J connectivity index is 2.15. The molecular weight excluding hydrogens is 309 g/mol. The topological polar surface area (TPSA) is 70.6 Å². The van der Waals surface area contributed by atoms with Gasteiger partial charge in [-0.25, -0.2) is 0 Å². The molecule has 0 aliphatic rings. The molecule has 2 aromatic rings. The van der Waals surface area contributed by atoms with E-state index in [1.54, 1.807) is 12.1 Å². The standard InChI is InChI=1S/C15H15Cl2N3O/c1-9-2-5-12(16)14(6-9)19-8-11-4-3-10(7-13(11)17)15(18)20-21/h2-7,19,21H,8H2,1H3,(H2,18,20). The molecule has 110 valence electrons. The first-order valence-corrected chi connectivity index (χ1v) is 7.03. The highest BCUT2D eigenvalue weighted by atomic mass is 35.5. The second-order valence-corrected chi connectivity index (χ2v) is 5.44. The SMILES string of the molecule is Cc1ccc(Cl)c(NCc2ccc(/C(N)=N/O)cc2Cl)c1. The van der Waals surface area contributed by atoms with Gasteiger partial charge >= 0.3 is 0 Å². The summed E-state index contributed by atoms with van der Waals surface area (Å²) in [5.74, 6) is 0.0261. The molecule has 0 saturated carbocycles. The zero-order valence-corrected chi connectivity index (χ0v) is 12.9. The second kappa shape index (κ2) is 6.70. The van der Waals surface area contributed by atoms with Crippen LogP contribution in [0.5, 0.6) is 0 Å². The van der Waals surface area contributed by atoms with E-state index in [2.05, 4.69) is 10.5 Å². The Hall–Kier alpha value is -1.91. The van der Waals surface area contributed by atoms with Crippen LogP contribution in [0.4, 0.5) is 5.69 Å². The Morgan fingerprint density at radius 1 is 1.19 bits per heavy atom. The van der Waals surface area contributed by atoms with Crippen molar-refractivity contribution in [2.45, 2.75) is 13.5 Å². The van der Waals surface area contributed by atoms with Crippen LogP contribution >= 0.6 is 23.2 Å². The van der Waals surface area contributed by atoms with Gasteiger partial charge in [-0.1, -0.05) is 46.6 Å². The minimum absolute atomic E-state index is 0.0261. The number of nitrogens with one attached hydrogen (secondary N) is 1. The molecule has 0 heterocycles. The quantitative estimate of drug-likeness (QED) is 0.344. The van der Waals surface area contributed by atoms with E-state index in [9.17, 15) is 0 Å². The third kappa shape index (κ3) is 3.80. The fourth-order valence-corrected chi connectivity index (χ4v) is 2.30. The number of anilines is 1. The number of benzene rings is 2. The molecule has 0 saturated heterocycles. The van der Waals surface area contributed by atoms with Crippen LogP contribution < -0.4 is 11.1 Å². The Morgan fingerprint density at radius 2 is 1.95 bits per heavy atom. The summed E-state index contributed by atoms with van der Waals surface area (Å²) in [5, 5.41) is 16.0. The first kappa shape index (κ1) is 15.5. The maximum atomic E-state index is 8.65. The average molecular weight is 324 g/mol. The molecule has 0 unspecified atom stereocenters. The van der Waals surface area contributed by atoms with E-state index in [-0.39, 0.29) is 5.84 Å². The molecule has 0 radical (unpaired) electrons. The summed E-state index contributed by atoms with van der Waals surface area (Å²) in [6.07, 6.45) is 0. The molecule has 0 atom stereocenters. The van der Waals surface area contributed by atoms with Crippen molar-refractivity contribution < 1.29 is 5.21 Å². The molecule has 21 heavy (non-hydrogen) atoms. The predicted octanol–water partition coefficient (Wildman–Crippen LogP) is 4.01. The number of nitrogens with zero attached hydrogens (tertiary/aromatic N) is 1. The van der Waals surface area contributed by atoms with Crippen LogP contribution in [0, 0.1) is 6.92 Å². The highest BCUT2D eigenvalue weighted by Crippen LogP contribution is 2.25. The maximum Gasteiger partial charge on any atom is 0.170 e. The number of oxime groups is 1. The highest BCUT2D eigenvalue weighted by molar-refractivity contribution is 6.33. The number of nitrogens with two attached hydrogens (primary N) is 1. The van der Waals surface area contributed by atoms with Crippen LogP contribution in [-0.4, -0.2) is 11.0 Å². The summed E-state index contributed by atoms with van der Waals surface area (Å²) in [4.78, 5) is 0. The second-order valence-electron chi connectivity index (χ2n) is 4.63. The van der Waals surface area contributed by atoms with Crippen LogP contribution in [0.2, 0.25) is 10.0 Å². The number of hydrogen-bond donors (Lipinski definition) is 3. The average Bonchev–Trinajstić information content (AvgIpc) is 2.48. The van der Waals surface area contributed by atoms with Crippen LogP contribution in [-0.2, 0) is 6.54 Å². The van der Waals surface area contributed by atoms with Gasteiger partial charge in [-0.05, 0) is 36.2 Å². The van der Waals surface area contributed by atoms with E-state index in [4.69, 9.17) is 34.1 Å². The fourth-order valence-electron chi connectivity index (χ4n) is 1.87. The van der Waals surface area contributed by atoms with E-state index in [0.29, 0.717) is 22.2 Å². The monoisotopic (exact) mass is 323 g/mol. The molecule has 0 bridgehead atoms. The molecule has 0 aliphatic heterocycles. The minimum Gasteiger partial charge on any atom is -0.409 e. The molecule has 0 aliphatic carbocycles. The van der Waals surface area contributed by atoms with Crippen molar-refractivity contribution in [1.29, 1.82) is 0 Å². The molecule has 2 aromatic carbocycles. The van der Waals surface area contributed by atoms with Crippen molar-refractivity contribution in [2.75, 3.05) is 5.32 Å². The normalized spacial score (nSPS) is 11.5. The summed E-state index contributed by atoms with van der Waals surface area (Å²) in [6, 6.07) is 11.0. The smallest absolute Gasteiger partial charge is 0.170 e. The van der Waals surface area contributed by atoms with Gasteiger partial charge in [0.15, 0.2) is 5.84 Å². The molecule has 4 nitrogen and oxygen atoms in total. The lowest BCUT2D eigenvalue weighted by Crippen LogP contribution is -2.13. The lowest BCUT2D eigenvalue weighted by Gasteiger charge is -2.11. The van der Waals surface area contributed by atoms with Gasteiger partial charge < -0.3 is 16.3 Å². The number of aryl methyl sites for hydroxylation is 1. The molecule has 0 aromatic heterocycles. The van der Waals surface area contributed by atoms with Gasteiger partial charge in [0.25, 0.3) is 0 Å². The van der Waals surface area contributed by atoms with Crippen molar-refractivity contribution in [1.82, 2.24) is 0 Å². The predicted molar refractivity (Wildman–Crippen MR) is 87.5 cm³/mol. The molecule has 6 heteroatoms. The van der Waals surface area contributed by atoms with E-state index in [1.807, 2.05) is 31.2 Å². The van der Waals surface area contributed by atoms with Crippen LogP contribution in [0.3, 0.4) is 0 Å². The van der Waals surface area contributed by atoms with E-state index >= 15 is 0 Å². The zero-order valence-electron chi connectivity index (χ0n) is 11.4. The summed E-state index contributed by atoms with van der Waals surface area (Å²) >= 11 is 12.3. The summed E-state index contributed by atoms with van der Waals surface area (Å²) in [7, 11) is 0. The van der Waals surface area contributed by atoms with Gasteiger partial charge in [-0.2, -0.15) is 0 Å². The number of hydrogen-bond acceptors (Lipinski definition) is 3. The van der Waals surface area contributed by atoms with Gasteiger partial charge in [0.1, 0.15) is 0 Å². The molecule has 4 N–H and O–H groups in total. The van der Waals surface area contributed by atoms with Gasteiger partial charge in [0.2, 0.25) is 0 Å². The largest absolute Gasteiger partial charge is 0.409 e. The van der Waals surface area contributed by atoms with Crippen molar-refractivity contribution in [3.63, 3.8) is 0 Å². The summed E-state index contributed by atoms with van der Waals surface area (Å²) in [5.41, 5.74) is 8.96. The van der Waals surface area contributed by atoms with Gasteiger partial charge in [0, 0.05) is 17.1 Å². The summed E-state index contributed by atoms with van der Waals surface area (Å²) < 4.78 is 0. The lowest BCUT2D eigenvalue weighted by atomic mass is 10.1. The van der Waals surface area contributed by atoms with Gasteiger partial charge in [-0.3, -0.25) is 0 Å². The lowest BCUT2D eigenvalue weighted by molar-refractivity contribution is 0.318. The van der Waals surface area contributed by atoms with Crippen LogP contribution in [0.25, 0.3) is 0 Å². The van der Waals surface area contributed by atoms with Crippen molar-refractivity contribution in [3.05, 3.63) is 63.1 Å². The third-order valence-corrected chi connectivity index (χ3v) is 3.73. The molecule has 0 spiro atoms. The van der Waals surface area contributed by atoms with Crippen LogP contribution in [0.1, 0.15) is 16.7 Å². The molecular formula is C15H15Cl2N3O. The Bertz CT molecular complexity index is 687. The molecule has 2 rings (SSSR count). The molecule has 0 fully saturated rings. The van der Waals surface area contributed by atoms with E-state index in [0.717, 1.165) is 16.8 Å². The summed E-state index contributed by atoms with van der Waals surface area (Å²) in [6.45, 7) is 2.53. The highest BCUT2D eigenvalue weighted by Gasteiger charge is 2.06.